The molecule has 2 fully saturated rings. The molecule has 0 saturated carbocycles. The molecule has 1 aromatic rings. The van der Waals surface area contributed by atoms with E-state index in [1.165, 1.54) is 6.07 Å². The van der Waals surface area contributed by atoms with Crippen LogP contribution in [0.5, 0.6) is 0 Å². The first kappa shape index (κ1) is 14.3. The van der Waals surface area contributed by atoms with Crippen molar-refractivity contribution in [1.82, 2.24) is 9.88 Å². The van der Waals surface area contributed by atoms with Gasteiger partial charge in [0.1, 0.15) is 11.6 Å². The molecule has 21 heavy (non-hydrogen) atoms. The molecule has 3 rings (SSSR count). The Hall–Kier alpha value is -1.69. The van der Waals surface area contributed by atoms with E-state index in [2.05, 4.69) is 10.3 Å². The van der Waals surface area contributed by atoms with Crippen molar-refractivity contribution in [3.8, 4) is 0 Å². The molecule has 2 unspecified atom stereocenters. The van der Waals surface area contributed by atoms with Crippen LogP contribution in [0, 0.1) is 5.82 Å². The Labute approximate surface area is 123 Å². The number of halogens is 1. The number of aliphatic hydroxyl groups excluding tert-OH is 1. The number of nitrogens with zero attached hydrogens (tertiary/aromatic N) is 2. The van der Waals surface area contributed by atoms with Gasteiger partial charge in [-0.05, 0) is 38.7 Å². The number of hydrogen-bond acceptors (Lipinski definition) is 4. The first-order chi connectivity index (χ1) is 10.1. The van der Waals surface area contributed by atoms with Crippen molar-refractivity contribution in [2.24, 2.45) is 0 Å². The van der Waals surface area contributed by atoms with Crippen LogP contribution in [0.4, 0.5) is 10.2 Å². The predicted molar refractivity (Wildman–Crippen MR) is 76.6 cm³/mol. The molecular weight excluding hydrogens is 273 g/mol. The Balaban J connectivity index is 1.90. The van der Waals surface area contributed by atoms with Gasteiger partial charge in [0, 0.05) is 18.6 Å². The van der Waals surface area contributed by atoms with Gasteiger partial charge < -0.3 is 15.3 Å². The average Bonchev–Trinajstić information content (AvgIpc) is 2.72. The molecular formula is C15H20FN3O2. The lowest BCUT2D eigenvalue weighted by atomic mass is 9.99. The molecule has 3 heterocycles. The second-order valence-electron chi connectivity index (χ2n) is 5.80. The SMILES string of the molecule is CCNc1ncc(F)cc1C(=O)N1C2CCC1CC(O)C2. The number of anilines is 1. The monoisotopic (exact) mass is 293 g/mol. The van der Waals surface area contributed by atoms with E-state index in [1.54, 1.807) is 0 Å². The third-order valence-electron chi connectivity index (χ3n) is 4.37. The molecule has 2 aliphatic rings. The Morgan fingerprint density at radius 2 is 2.14 bits per heavy atom. The number of carbonyl (C=O) groups is 1. The lowest BCUT2D eigenvalue weighted by molar-refractivity contribution is 0.0287. The van der Waals surface area contributed by atoms with Gasteiger partial charge in [-0.1, -0.05) is 0 Å². The van der Waals surface area contributed by atoms with Gasteiger partial charge in [-0.2, -0.15) is 0 Å². The van der Waals surface area contributed by atoms with Crippen LogP contribution in [0.2, 0.25) is 0 Å². The largest absolute Gasteiger partial charge is 0.393 e. The van der Waals surface area contributed by atoms with Crippen molar-refractivity contribution in [2.45, 2.75) is 50.8 Å². The van der Waals surface area contributed by atoms with Gasteiger partial charge in [0.2, 0.25) is 0 Å². The molecule has 0 radical (unpaired) electrons. The Morgan fingerprint density at radius 3 is 2.76 bits per heavy atom. The summed E-state index contributed by atoms with van der Waals surface area (Å²) in [5, 5.41) is 12.8. The highest BCUT2D eigenvalue weighted by Gasteiger charge is 2.43. The van der Waals surface area contributed by atoms with E-state index in [0.717, 1.165) is 19.0 Å². The molecule has 2 atom stereocenters. The van der Waals surface area contributed by atoms with Crippen LogP contribution in [0.25, 0.3) is 0 Å². The number of fused-ring (bicyclic) bond motifs is 2. The fourth-order valence-corrected chi connectivity index (χ4v) is 3.53. The van der Waals surface area contributed by atoms with Crippen molar-refractivity contribution >= 4 is 11.7 Å². The minimum absolute atomic E-state index is 0.0593. The van der Waals surface area contributed by atoms with Crippen molar-refractivity contribution in [1.29, 1.82) is 0 Å². The minimum Gasteiger partial charge on any atom is -0.393 e. The zero-order chi connectivity index (χ0) is 15.0. The number of piperidine rings is 1. The van der Waals surface area contributed by atoms with Crippen molar-refractivity contribution in [3.05, 3.63) is 23.6 Å². The van der Waals surface area contributed by atoms with Crippen molar-refractivity contribution in [2.75, 3.05) is 11.9 Å². The molecule has 6 heteroatoms. The van der Waals surface area contributed by atoms with Crippen molar-refractivity contribution in [3.63, 3.8) is 0 Å². The fraction of sp³-hybridized carbons (Fsp3) is 0.600. The zero-order valence-corrected chi connectivity index (χ0v) is 12.1. The van der Waals surface area contributed by atoms with E-state index in [9.17, 15) is 14.3 Å². The van der Waals surface area contributed by atoms with E-state index in [0.29, 0.717) is 25.2 Å². The number of aromatic nitrogens is 1. The average molecular weight is 293 g/mol. The lowest BCUT2D eigenvalue weighted by Gasteiger charge is -2.37. The number of carbonyl (C=O) groups excluding carboxylic acids is 1. The second kappa shape index (κ2) is 5.60. The summed E-state index contributed by atoms with van der Waals surface area (Å²) < 4.78 is 13.5. The van der Waals surface area contributed by atoms with Crippen LogP contribution in [-0.2, 0) is 0 Å². The topological polar surface area (TPSA) is 65.5 Å². The fourth-order valence-electron chi connectivity index (χ4n) is 3.53. The van der Waals surface area contributed by atoms with Gasteiger partial charge in [0.05, 0.1) is 17.9 Å². The normalized spacial score (nSPS) is 27.8. The second-order valence-corrected chi connectivity index (χ2v) is 5.80. The summed E-state index contributed by atoms with van der Waals surface area (Å²) in [7, 11) is 0. The number of aliphatic hydroxyl groups is 1. The summed E-state index contributed by atoms with van der Waals surface area (Å²) in [4.78, 5) is 18.6. The lowest BCUT2D eigenvalue weighted by Crippen LogP contribution is -2.48. The van der Waals surface area contributed by atoms with Crippen LogP contribution >= 0.6 is 0 Å². The van der Waals surface area contributed by atoms with E-state index in [1.807, 2.05) is 11.8 Å². The maximum absolute atomic E-state index is 13.5. The number of nitrogens with one attached hydrogen (secondary N) is 1. The Bertz CT molecular complexity index is 538. The number of amides is 1. The van der Waals surface area contributed by atoms with Gasteiger partial charge >= 0.3 is 0 Å². The molecule has 5 nitrogen and oxygen atoms in total. The zero-order valence-electron chi connectivity index (χ0n) is 12.1. The molecule has 0 aromatic carbocycles. The van der Waals surface area contributed by atoms with E-state index < -0.39 is 5.82 Å². The maximum atomic E-state index is 13.5. The van der Waals surface area contributed by atoms with Gasteiger partial charge in [-0.15, -0.1) is 0 Å². The minimum atomic E-state index is -0.510. The van der Waals surface area contributed by atoms with Crippen LogP contribution in [0.1, 0.15) is 43.0 Å². The molecule has 0 aliphatic carbocycles. The molecule has 2 saturated heterocycles. The molecule has 1 amide bonds. The summed E-state index contributed by atoms with van der Waals surface area (Å²) in [6.07, 6.45) is 3.83. The smallest absolute Gasteiger partial charge is 0.258 e. The Kier molecular flexibility index (Phi) is 3.80. The van der Waals surface area contributed by atoms with E-state index in [-0.39, 0.29) is 29.7 Å². The van der Waals surface area contributed by atoms with Crippen LogP contribution in [0.15, 0.2) is 12.3 Å². The molecule has 114 valence electrons. The molecule has 1 aromatic heterocycles. The Morgan fingerprint density at radius 1 is 1.48 bits per heavy atom. The van der Waals surface area contributed by atoms with Gasteiger partial charge in [-0.3, -0.25) is 4.79 Å². The third-order valence-corrected chi connectivity index (χ3v) is 4.37. The van der Waals surface area contributed by atoms with Crippen molar-refractivity contribution < 1.29 is 14.3 Å². The maximum Gasteiger partial charge on any atom is 0.258 e. The molecule has 2 N–H and O–H groups in total. The first-order valence-corrected chi connectivity index (χ1v) is 7.50. The predicted octanol–water partition coefficient (Wildman–Crippen LogP) is 1.78. The summed E-state index contributed by atoms with van der Waals surface area (Å²) in [5.41, 5.74) is 0.283. The van der Waals surface area contributed by atoms with Crippen LogP contribution in [-0.4, -0.2) is 45.6 Å². The summed E-state index contributed by atoms with van der Waals surface area (Å²) in [5.74, 6) is -0.267. The molecule has 2 bridgehead atoms. The molecule has 0 spiro atoms. The number of pyridine rings is 1. The first-order valence-electron chi connectivity index (χ1n) is 7.50. The van der Waals surface area contributed by atoms with Gasteiger partial charge in [0.25, 0.3) is 5.91 Å². The van der Waals surface area contributed by atoms with Gasteiger partial charge in [0.15, 0.2) is 0 Å². The van der Waals surface area contributed by atoms with Gasteiger partial charge in [-0.25, -0.2) is 9.37 Å². The highest BCUT2D eigenvalue weighted by atomic mass is 19.1. The summed E-state index contributed by atoms with van der Waals surface area (Å²) >= 11 is 0. The third kappa shape index (κ3) is 2.60. The van der Waals surface area contributed by atoms with E-state index in [4.69, 9.17) is 0 Å². The van der Waals surface area contributed by atoms with E-state index >= 15 is 0 Å². The quantitative estimate of drug-likeness (QED) is 0.891. The highest BCUT2D eigenvalue weighted by molar-refractivity contribution is 5.99. The summed E-state index contributed by atoms with van der Waals surface area (Å²) in [6.45, 7) is 2.52. The standard InChI is InChI=1S/C15H20FN3O2/c1-2-17-14-13(5-9(16)8-18-14)15(21)19-10-3-4-11(19)7-12(20)6-10/h5,8,10-12,20H,2-4,6-7H2,1H3,(H,17,18). The van der Waals surface area contributed by atoms with Crippen LogP contribution < -0.4 is 5.32 Å². The number of hydrogen-bond donors (Lipinski definition) is 2. The summed E-state index contributed by atoms with van der Waals surface area (Å²) in [6, 6.07) is 1.37. The molecule has 2 aliphatic heterocycles. The highest BCUT2D eigenvalue weighted by Crippen LogP contribution is 2.37. The number of rotatable bonds is 3. The van der Waals surface area contributed by atoms with Crippen LogP contribution in [0.3, 0.4) is 0 Å².